The largest absolute Gasteiger partial charge is 0.466 e. The molecule has 0 saturated heterocycles. The number of halogens is 1. The third-order valence-corrected chi connectivity index (χ3v) is 6.03. The summed E-state index contributed by atoms with van der Waals surface area (Å²) in [6, 6.07) is 6.30. The van der Waals surface area contributed by atoms with Crippen molar-refractivity contribution < 1.29 is 43.8 Å². The van der Waals surface area contributed by atoms with Crippen molar-refractivity contribution in [3.05, 3.63) is 91.5 Å². The van der Waals surface area contributed by atoms with E-state index in [9.17, 15) is 34.8 Å². The third kappa shape index (κ3) is 5.07. The van der Waals surface area contributed by atoms with E-state index < -0.39 is 64.0 Å². The molecule has 1 unspecified atom stereocenters. The molecule has 13 nitrogen and oxygen atoms in total. The normalized spacial score (nSPS) is 17.3. The summed E-state index contributed by atoms with van der Waals surface area (Å²) in [5.74, 6) is -3.26. The molecule has 0 aliphatic carbocycles. The second-order valence-electron chi connectivity index (χ2n) is 7.84. The first-order chi connectivity index (χ1) is 18.0. The molecule has 2 N–H and O–H groups in total. The van der Waals surface area contributed by atoms with Gasteiger partial charge in [-0.2, -0.15) is 0 Å². The van der Waals surface area contributed by atoms with Gasteiger partial charge in [0.25, 0.3) is 5.69 Å². The molecule has 2 aromatic rings. The molecule has 2 heterocycles. The lowest BCUT2D eigenvalue weighted by molar-refractivity contribution is -0.386. The number of benzene rings is 1. The van der Waals surface area contributed by atoms with Crippen LogP contribution < -0.4 is 0 Å². The van der Waals surface area contributed by atoms with Gasteiger partial charge in [-0.25, -0.2) is 19.4 Å². The van der Waals surface area contributed by atoms with Crippen LogP contribution in [0.3, 0.4) is 0 Å². The van der Waals surface area contributed by atoms with E-state index in [0.29, 0.717) is 5.06 Å². The Bertz CT molecular complexity index is 1370. The minimum Gasteiger partial charge on any atom is -0.466 e. The van der Waals surface area contributed by atoms with E-state index in [1.165, 1.54) is 44.4 Å². The Balaban J connectivity index is 1.98. The third-order valence-electron chi connectivity index (χ3n) is 5.70. The van der Waals surface area contributed by atoms with E-state index in [0.717, 1.165) is 19.2 Å². The van der Waals surface area contributed by atoms with E-state index in [4.69, 9.17) is 25.8 Å². The van der Waals surface area contributed by atoms with Gasteiger partial charge in [0.15, 0.2) is 5.60 Å². The Labute approximate surface area is 220 Å². The monoisotopic (exact) mass is 547 g/mol. The maximum absolute atomic E-state index is 13.3. The van der Waals surface area contributed by atoms with Gasteiger partial charge in [-0.05, 0) is 26.0 Å². The van der Waals surface area contributed by atoms with Crippen LogP contribution in [0.2, 0.25) is 5.02 Å². The molecular weight excluding hydrogens is 526 g/mol. The second kappa shape index (κ2) is 11.4. The van der Waals surface area contributed by atoms with Crippen LogP contribution in [0.4, 0.5) is 5.69 Å². The van der Waals surface area contributed by atoms with Gasteiger partial charge < -0.3 is 19.3 Å². The standard InChI is InChI=1S/C24H22ClN3O10/c1-13-19(22(30)36-3)24(32,16-6-4-5-7-18(16)28(34)35)20(14(2)27(13)33)23(31)38-11-10-37-21(29)15-12-26-9-8-17(15)25/h4-9,12,32-33H,10-11H2,1-3H3. The highest BCUT2D eigenvalue weighted by atomic mass is 35.5. The lowest BCUT2D eigenvalue weighted by atomic mass is 9.75. The summed E-state index contributed by atoms with van der Waals surface area (Å²) in [4.78, 5) is 53.0. The van der Waals surface area contributed by atoms with Gasteiger partial charge in [0.1, 0.15) is 13.2 Å². The number of carbonyl (C=O) groups is 3. The highest BCUT2D eigenvalue weighted by Crippen LogP contribution is 2.48. The lowest BCUT2D eigenvalue weighted by Gasteiger charge is -2.39. The Morgan fingerprint density at radius 1 is 1.05 bits per heavy atom. The lowest BCUT2D eigenvalue weighted by Crippen LogP contribution is -2.46. The summed E-state index contributed by atoms with van der Waals surface area (Å²) in [5.41, 5.74) is -5.70. The number of pyridine rings is 1. The maximum atomic E-state index is 13.3. The van der Waals surface area contributed by atoms with Crippen molar-refractivity contribution in [2.24, 2.45) is 0 Å². The summed E-state index contributed by atoms with van der Waals surface area (Å²) in [7, 11) is 0.996. The molecule has 0 spiro atoms. The fourth-order valence-electron chi connectivity index (χ4n) is 3.96. The summed E-state index contributed by atoms with van der Waals surface area (Å²) in [5, 5.41) is 34.9. The summed E-state index contributed by atoms with van der Waals surface area (Å²) in [6.45, 7) is 1.53. The molecule has 0 radical (unpaired) electrons. The number of aliphatic hydroxyl groups is 1. The van der Waals surface area contributed by atoms with Gasteiger partial charge in [0.2, 0.25) is 0 Å². The number of nitro groups is 1. The first-order valence-electron chi connectivity index (χ1n) is 10.9. The van der Waals surface area contributed by atoms with E-state index in [-0.39, 0.29) is 22.0 Å². The number of allylic oxidation sites excluding steroid dienone is 2. The highest BCUT2D eigenvalue weighted by molar-refractivity contribution is 6.33. The number of carbonyl (C=O) groups excluding carboxylic acids is 3. The first kappa shape index (κ1) is 28.2. The topological polar surface area (TPSA) is 179 Å². The van der Waals surface area contributed by atoms with Crippen LogP contribution in [-0.2, 0) is 29.4 Å². The Morgan fingerprint density at radius 2 is 1.63 bits per heavy atom. The summed E-state index contributed by atoms with van der Waals surface area (Å²) >= 11 is 5.92. The van der Waals surface area contributed by atoms with Crippen molar-refractivity contribution in [3.63, 3.8) is 0 Å². The second-order valence-corrected chi connectivity index (χ2v) is 8.24. The van der Waals surface area contributed by atoms with Crippen LogP contribution in [0.1, 0.15) is 29.8 Å². The number of methoxy groups -OCH3 is 1. The highest BCUT2D eigenvalue weighted by Gasteiger charge is 2.54. The number of hydrogen-bond donors (Lipinski definition) is 2. The first-order valence-corrected chi connectivity index (χ1v) is 11.2. The van der Waals surface area contributed by atoms with E-state index in [1.807, 2.05) is 0 Å². The van der Waals surface area contributed by atoms with E-state index >= 15 is 0 Å². The van der Waals surface area contributed by atoms with Gasteiger partial charge >= 0.3 is 17.9 Å². The molecule has 1 aliphatic rings. The number of ether oxygens (including phenoxy) is 3. The number of nitro benzene ring substituents is 1. The molecule has 1 aromatic carbocycles. The fraction of sp³-hybridized carbons (Fsp3) is 0.250. The van der Waals surface area contributed by atoms with Crippen molar-refractivity contribution in [1.29, 1.82) is 0 Å². The maximum Gasteiger partial charge on any atom is 0.341 e. The SMILES string of the molecule is COC(=O)C1=C(C)N(O)C(C)=C(C(=O)OCCOC(=O)c2cnccc2Cl)C1(O)c1ccccc1[N+](=O)[O-]. The predicted octanol–water partition coefficient (Wildman–Crippen LogP) is 2.66. The minimum absolute atomic E-state index is 0.0173. The smallest absolute Gasteiger partial charge is 0.341 e. The molecule has 1 aromatic heterocycles. The minimum atomic E-state index is -2.76. The van der Waals surface area contributed by atoms with Crippen molar-refractivity contribution in [2.45, 2.75) is 19.4 Å². The number of hydrogen-bond acceptors (Lipinski definition) is 12. The van der Waals surface area contributed by atoms with Gasteiger partial charge in [-0.15, -0.1) is 0 Å². The zero-order valence-corrected chi connectivity index (χ0v) is 21.1. The molecule has 200 valence electrons. The molecular formula is C24H22ClN3O10. The van der Waals surface area contributed by atoms with Crippen LogP contribution in [0.25, 0.3) is 0 Å². The molecule has 14 heteroatoms. The summed E-state index contributed by atoms with van der Waals surface area (Å²) < 4.78 is 14.9. The van der Waals surface area contributed by atoms with E-state index in [1.54, 1.807) is 0 Å². The number of aromatic nitrogens is 1. The molecule has 0 saturated carbocycles. The average molecular weight is 548 g/mol. The quantitative estimate of drug-likeness (QED) is 0.162. The number of para-hydroxylation sites is 1. The van der Waals surface area contributed by atoms with Crippen molar-refractivity contribution in [2.75, 3.05) is 20.3 Å². The van der Waals surface area contributed by atoms with Crippen molar-refractivity contribution in [3.8, 4) is 0 Å². The molecule has 0 fully saturated rings. The number of hydroxylamine groups is 2. The molecule has 0 bridgehead atoms. The molecule has 1 aliphatic heterocycles. The Morgan fingerprint density at radius 3 is 2.21 bits per heavy atom. The molecule has 3 rings (SSSR count). The van der Waals surface area contributed by atoms with Crippen LogP contribution >= 0.6 is 11.6 Å². The van der Waals surface area contributed by atoms with Crippen LogP contribution in [0.15, 0.2) is 65.3 Å². The van der Waals surface area contributed by atoms with Gasteiger partial charge in [0, 0.05) is 18.5 Å². The number of esters is 3. The molecule has 0 amide bonds. The number of nitrogens with zero attached hydrogens (tertiary/aromatic N) is 3. The van der Waals surface area contributed by atoms with Crippen LogP contribution in [0.5, 0.6) is 0 Å². The van der Waals surface area contributed by atoms with Gasteiger partial charge in [0.05, 0.1) is 50.7 Å². The summed E-state index contributed by atoms with van der Waals surface area (Å²) in [6.07, 6.45) is 2.57. The van der Waals surface area contributed by atoms with E-state index in [2.05, 4.69) is 4.98 Å². The predicted molar refractivity (Wildman–Crippen MR) is 129 cm³/mol. The van der Waals surface area contributed by atoms with Crippen molar-refractivity contribution in [1.82, 2.24) is 10.0 Å². The Hall–Kier alpha value is -4.33. The van der Waals surface area contributed by atoms with Gasteiger partial charge in [-0.1, -0.05) is 23.7 Å². The number of rotatable bonds is 8. The fourth-order valence-corrected chi connectivity index (χ4v) is 4.14. The Kier molecular flexibility index (Phi) is 8.46. The molecule has 1 atom stereocenters. The van der Waals surface area contributed by atoms with Crippen molar-refractivity contribution >= 4 is 35.2 Å². The zero-order valence-electron chi connectivity index (χ0n) is 20.3. The zero-order chi connectivity index (χ0) is 28.2. The molecule has 38 heavy (non-hydrogen) atoms. The average Bonchev–Trinajstić information content (AvgIpc) is 2.89. The van der Waals surface area contributed by atoms with Crippen LogP contribution in [-0.4, -0.2) is 63.5 Å². The van der Waals surface area contributed by atoms with Crippen LogP contribution in [0, 0.1) is 10.1 Å². The van der Waals surface area contributed by atoms with Gasteiger partial charge in [-0.3, -0.25) is 20.3 Å².